The lowest BCUT2D eigenvalue weighted by Crippen LogP contribution is -2.48. The van der Waals surface area contributed by atoms with E-state index in [9.17, 15) is 9.59 Å². The van der Waals surface area contributed by atoms with Crippen molar-refractivity contribution in [2.24, 2.45) is 0 Å². The maximum atomic E-state index is 13.2. The molecule has 4 rings (SSSR count). The van der Waals surface area contributed by atoms with Crippen molar-refractivity contribution in [3.63, 3.8) is 0 Å². The number of anilines is 1. The second-order valence-corrected chi connectivity index (χ2v) is 7.27. The minimum atomic E-state index is -0.517. The van der Waals surface area contributed by atoms with Crippen LogP contribution in [-0.2, 0) is 17.6 Å². The number of benzene rings is 3. The normalized spacial score (nSPS) is 15.0. The number of hydrogen-bond acceptors (Lipinski definition) is 2. The highest BCUT2D eigenvalue weighted by Crippen LogP contribution is 2.33. The molecular formula is C25H24N2O2. The number of carbonyl (C=O) groups excluding carboxylic acids is 2. The van der Waals surface area contributed by atoms with Crippen LogP contribution in [0.2, 0.25) is 0 Å². The molecule has 1 aliphatic rings. The molecule has 0 spiro atoms. The van der Waals surface area contributed by atoms with Gasteiger partial charge in [0.2, 0.25) is 5.91 Å². The van der Waals surface area contributed by atoms with Crippen molar-refractivity contribution in [2.45, 2.75) is 25.3 Å². The molecule has 3 aromatic carbocycles. The van der Waals surface area contributed by atoms with E-state index in [4.69, 9.17) is 0 Å². The smallest absolute Gasteiger partial charge is 0.259 e. The maximum absolute atomic E-state index is 13.2. The summed E-state index contributed by atoms with van der Waals surface area (Å²) < 4.78 is 0. The SMILES string of the molecule is O=C(NCCCc1ccccc1)C1Cc2ccccc2N1C(=O)c1ccccc1. The second kappa shape index (κ2) is 8.74. The molecule has 0 aliphatic carbocycles. The fourth-order valence-electron chi connectivity index (χ4n) is 3.83. The van der Waals surface area contributed by atoms with Gasteiger partial charge in [-0.15, -0.1) is 0 Å². The molecule has 1 atom stereocenters. The number of amides is 2. The number of para-hydroxylation sites is 1. The minimum absolute atomic E-state index is 0.0986. The van der Waals surface area contributed by atoms with Crippen LogP contribution in [0, 0.1) is 0 Å². The van der Waals surface area contributed by atoms with Crippen molar-refractivity contribution in [3.05, 3.63) is 102 Å². The van der Waals surface area contributed by atoms with E-state index in [1.54, 1.807) is 17.0 Å². The van der Waals surface area contributed by atoms with Gasteiger partial charge < -0.3 is 5.32 Å². The van der Waals surface area contributed by atoms with Crippen molar-refractivity contribution >= 4 is 17.5 Å². The molecule has 1 N–H and O–H groups in total. The number of carbonyl (C=O) groups is 2. The lowest BCUT2D eigenvalue weighted by Gasteiger charge is -2.25. The molecule has 0 saturated heterocycles. The first-order valence-corrected chi connectivity index (χ1v) is 10.0. The van der Waals surface area contributed by atoms with Gasteiger partial charge >= 0.3 is 0 Å². The van der Waals surface area contributed by atoms with E-state index in [1.165, 1.54) is 5.56 Å². The summed E-state index contributed by atoms with van der Waals surface area (Å²) in [5.41, 5.74) is 3.70. The summed E-state index contributed by atoms with van der Waals surface area (Å²) in [7, 11) is 0. The summed E-state index contributed by atoms with van der Waals surface area (Å²) in [6.45, 7) is 0.591. The van der Waals surface area contributed by atoms with Crippen LogP contribution in [-0.4, -0.2) is 24.4 Å². The Kier molecular flexibility index (Phi) is 5.71. The number of hydrogen-bond donors (Lipinski definition) is 1. The Morgan fingerprint density at radius 1 is 0.862 bits per heavy atom. The molecule has 0 aromatic heterocycles. The topological polar surface area (TPSA) is 49.4 Å². The summed E-state index contributed by atoms with van der Waals surface area (Å²) in [4.78, 5) is 27.8. The van der Waals surface area contributed by atoms with Gasteiger partial charge in [-0.25, -0.2) is 0 Å². The van der Waals surface area contributed by atoms with Crippen molar-refractivity contribution in [1.29, 1.82) is 0 Å². The number of nitrogens with one attached hydrogen (secondary N) is 1. The van der Waals surface area contributed by atoms with E-state index in [2.05, 4.69) is 17.4 Å². The molecule has 1 heterocycles. The molecule has 0 saturated carbocycles. The van der Waals surface area contributed by atoms with E-state index in [0.29, 0.717) is 18.5 Å². The highest BCUT2D eigenvalue weighted by molar-refractivity contribution is 6.11. The van der Waals surface area contributed by atoms with E-state index >= 15 is 0 Å². The van der Waals surface area contributed by atoms with Crippen LogP contribution in [0.15, 0.2) is 84.9 Å². The van der Waals surface area contributed by atoms with E-state index in [-0.39, 0.29) is 11.8 Å². The van der Waals surface area contributed by atoms with Gasteiger partial charge in [0.1, 0.15) is 6.04 Å². The van der Waals surface area contributed by atoms with Crippen molar-refractivity contribution < 1.29 is 9.59 Å². The zero-order valence-corrected chi connectivity index (χ0v) is 16.3. The largest absolute Gasteiger partial charge is 0.354 e. The third-order valence-corrected chi connectivity index (χ3v) is 5.30. The van der Waals surface area contributed by atoms with Crippen LogP contribution in [0.1, 0.15) is 27.9 Å². The Morgan fingerprint density at radius 2 is 1.52 bits per heavy atom. The Morgan fingerprint density at radius 3 is 2.28 bits per heavy atom. The molecular weight excluding hydrogens is 360 g/mol. The fourth-order valence-corrected chi connectivity index (χ4v) is 3.83. The van der Waals surface area contributed by atoms with Gasteiger partial charge in [0.15, 0.2) is 0 Å². The van der Waals surface area contributed by atoms with Gasteiger partial charge in [-0.1, -0.05) is 66.7 Å². The third-order valence-electron chi connectivity index (χ3n) is 5.30. The quantitative estimate of drug-likeness (QED) is 0.653. The van der Waals surface area contributed by atoms with Crippen molar-refractivity contribution in [3.8, 4) is 0 Å². The average Bonchev–Trinajstić information content (AvgIpc) is 3.17. The lowest BCUT2D eigenvalue weighted by atomic mass is 10.1. The van der Waals surface area contributed by atoms with Gasteiger partial charge in [0.05, 0.1) is 0 Å². The number of aryl methyl sites for hydroxylation is 1. The van der Waals surface area contributed by atoms with Crippen LogP contribution in [0.25, 0.3) is 0 Å². The van der Waals surface area contributed by atoms with Crippen molar-refractivity contribution in [1.82, 2.24) is 5.32 Å². The van der Waals surface area contributed by atoms with Gasteiger partial charge in [-0.3, -0.25) is 14.5 Å². The highest BCUT2D eigenvalue weighted by atomic mass is 16.2. The van der Waals surface area contributed by atoms with E-state index in [0.717, 1.165) is 24.1 Å². The molecule has 0 bridgehead atoms. The Bertz CT molecular complexity index is 986. The van der Waals surface area contributed by atoms with Crippen LogP contribution < -0.4 is 10.2 Å². The van der Waals surface area contributed by atoms with Crippen molar-refractivity contribution in [2.75, 3.05) is 11.4 Å². The molecule has 3 aromatic rings. The standard InChI is InChI=1S/C25H24N2O2/c28-24(26-17-9-12-19-10-3-1-4-11-19)23-18-21-15-7-8-16-22(21)27(23)25(29)20-13-5-2-6-14-20/h1-8,10-11,13-16,23H,9,12,17-18H2,(H,26,28). The zero-order chi connectivity index (χ0) is 20.1. The molecule has 4 nitrogen and oxygen atoms in total. The van der Waals surface area contributed by atoms with E-state index < -0.39 is 6.04 Å². The van der Waals surface area contributed by atoms with Crippen LogP contribution in [0.4, 0.5) is 5.69 Å². The Labute approximate surface area is 171 Å². The first-order chi connectivity index (χ1) is 14.2. The minimum Gasteiger partial charge on any atom is -0.354 e. The van der Waals surface area contributed by atoms with Gasteiger partial charge in [0, 0.05) is 24.2 Å². The first-order valence-electron chi connectivity index (χ1n) is 10.0. The Balaban J connectivity index is 1.45. The monoisotopic (exact) mass is 384 g/mol. The van der Waals surface area contributed by atoms with Gasteiger partial charge in [-0.2, -0.15) is 0 Å². The summed E-state index contributed by atoms with van der Waals surface area (Å²) in [6.07, 6.45) is 2.32. The number of fused-ring (bicyclic) bond motifs is 1. The third kappa shape index (κ3) is 4.21. The Hall–Kier alpha value is -3.40. The average molecular weight is 384 g/mol. The summed E-state index contributed by atoms with van der Waals surface area (Å²) in [5, 5.41) is 3.03. The molecule has 0 fully saturated rings. The van der Waals surface area contributed by atoms with E-state index in [1.807, 2.05) is 60.7 Å². The predicted molar refractivity (Wildman–Crippen MR) is 115 cm³/mol. The van der Waals surface area contributed by atoms with Crippen LogP contribution in [0.3, 0.4) is 0 Å². The highest BCUT2D eigenvalue weighted by Gasteiger charge is 2.38. The van der Waals surface area contributed by atoms with Crippen LogP contribution >= 0.6 is 0 Å². The number of nitrogens with zero attached hydrogens (tertiary/aromatic N) is 1. The summed E-state index contributed by atoms with van der Waals surface area (Å²) in [5.74, 6) is -0.237. The molecule has 1 unspecified atom stereocenters. The molecule has 0 radical (unpaired) electrons. The van der Waals surface area contributed by atoms with Crippen LogP contribution in [0.5, 0.6) is 0 Å². The lowest BCUT2D eigenvalue weighted by molar-refractivity contribution is -0.122. The first kappa shape index (κ1) is 18.9. The molecule has 29 heavy (non-hydrogen) atoms. The predicted octanol–water partition coefficient (Wildman–Crippen LogP) is 4.01. The fraction of sp³-hybridized carbons (Fsp3) is 0.200. The number of rotatable bonds is 6. The molecule has 4 heteroatoms. The maximum Gasteiger partial charge on any atom is 0.259 e. The van der Waals surface area contributed by atoms with Gasteiger partial charge in [0.25, 0.3) is 5.91 Å². The zero-order valence-electron chi connectivity index (χ0n) is 16.3. The molecule has 1 aliphatic heterocycles. The van der Waals surface area contributed by atoms with Gasteiger partial charge in [-0.05, 0) is 42.2 Å². The second-order valence-electron chi connectivity index (χ2n) is 7.27. The summed E-state index contributed by atoms with van der Waals surface area (Å²) >= 11 is 0. The summed E-state index contributed by atoms with van der Waals surface area (Å²) in [6, 6.07) is 26.6. The molecule has 146 valence electrons. The molecule has 2 amide bonds.